The first kappa shape index (κ1) is 21.0. The number of ether oxygens (including phenoxy) is 5. The second-order valence-corrected chi connectivity index (χ2v) is 5.96. The van der Waals surface area contributed by atoms with E-state index in [2.05, 4.69) is 10.1 Å². The summed E-state index contributed by atoms with van der Waals surface area (Å²) in [5, 5.41) is 3.92. The lowest BCUT2D eigenvalue weighted by Gasteiger charge is -2.10. The SMILES string of the molecule is CCOc1cc(C(=O)OCc2nc(-c3ccc(OC)c(OC)c3)no2)ccc1OC. The molecule has 9 nitrogen and oxygen atoms in total. The molecule has 0 unspecified atom stereocenters. The monoisotopic (exact) mass is 414 g/mol. The number of nitrogens with zero attached hydrogens (tertiary/aromatic N) is 2. The molecule has 1 aromatic heterocycles. The van der Waals surface area contributed by atoms with E-state index >= 15 is 0 Å². The van der Waals surface area contributed by atoms with Gasteiger partial charge >= 0.3 is 5.97 Å². The summed E-state index contributed by atoms with van der Waals surface area (Å²) in [7, 11) is 4.62. The van der Waals surface area contributed by atoms with Crippen LogP contribution in [0.1, 0.15) is 23.2 Å². The number of hydrogen-bond donors (Lipinski definition) is 0. The van der Waals surface area contributed by atoms with Crippen molar-refractivity contribution >= 4 is 5.97 Å². The van der Waals surface area contributed by atoms with Crippen LogP contribution < -0.4 is 18.9 Å². The maximum atomic E-state index is 12.4. The Balaban J connectivity index is 1.68. The minimum absolute atomic E-state index is 0.159. The zero-order chi connectivity index (χ0) is 21.5. The zero-order valence-corrected chi connectivity index (χ0v) is 17.1. The van der Waals surface area contributed by atoms with E-state index in [0.29, 0.717) is 46.6 Å². The van der Waals surface area contributed by atoms with E-state index in [-0.39, 0.29) is 12.5 Å². The molecule has 0 atom stereocenters. The third-order valence-electron chi connectivity index (χ3n) is 4.14. The molecular weight excluding hydrogens is 392 g/mol. The van der Waals surface area contributed by atoms with Gasteiger partial charge in [0.1, 0.15) is 0 Å². The van der Waals surface area contributed by atoms with Crippen LogP contribution in [0.4, 0.5) is 0 Å². The number of hydrogen-bond acceptors (Lipinski definition) is 9. The normalized spacial score (nSPS) is 10.4. The Hall–Kier alpha value is -3.75. The third-order valence-corrected chi connectivity index (χ3v) is 4.14. The van der Waals surface area contributed by atoms with Gasteiger partial charge in [0.15, 0.2) is 29.6 Å². The number of esters is 1. The minimum Gasteiger partial charge on any atom is -0.493 e. The highest BCUT2D eigenvalue weighted by Gasteiger charge is 2.16. The summed E-state index contributed by atoms with van der Waals surface area (Å²) in [6.45, 7) is 2.11. The summed E-state index contributed by atoms with van der Waals surface area (Å²) in [4.78, 5) is 16.6. The van der Waals surface area contributed by atoms with Crippen molar-refractivity contribution in [1.29, 1.82) is 0 Å². The Kier molecular flexibility index (Phi) is 6.74. The van der Waals surface area contributed by atoms with Crippen LogP contribution in [0, 0.1) is 0 Å². The lowest BCUT2D eigenvalue weighted by Crippen LogP contribution is -2.06. The zero-order valence-electron chi connectivity index (χ0n) is 17.1. The minimum atomic E-state index is -0.551. The van der Waals surface area contributed by atoms with Crippen molar-refractivity contribution in [3.63, 3.8) is 0 Å². The Morgan fingerprint density at radius 1 is 0.933 bits per heavy atom. The van der Waals surface area contributed by atoms with Crippen molar-refractivity contribution < 1.29 is 33.0 Å². The molecule has 0 aliphatic carbocycles. The first-order valence-corrected chi connectivity index (χ1v) is 9.12. The fourth-order valence-electron chi connectivity index (χ4n) is 2.69. The number of rotatable bonds is 9. The van der Waals surface area contributed by atoms with Gasteiger partial charge in [0.05, 0.1) is 33.5 Å². The van der Waals surface area contributed by atoms with E-state index in [0.717, 1.165) is 0 Å². The average molecular weight is 414 g/mol. The van der Waals surface area contributed by atoms with Crippen molar-refractivity contribution in [2.45, 2.75) is 13.5 Å². The number of carbonyl (C=O) groups is 1. The molecule has 2 aromatic carbocycles. The maximum absolute atomic E-state index is 12.4. The molecule has 3 aromatic rings. The van der Waals surface area contributed by atoms with E-state index in [9.17, 15) is 4.79 Å². The fourth-order valence-corrected chi connectivity index (χ4v) is 2.69. The number of benzene rings is 2. The van der Waals surface area contributed by atoms with Crippen LogP contribution in [-0.2, 0) is 11.3 Å². The molecule has 0 radical (unpaired) electrons. The van der Waals surface area contributed by atoms with Gasteiger partial charge in [-0.3, -0.25) is 0 Å². The van der Waals surface area contributed by atoms with Crippen molar-refractivity contribution in [2.75, 3.05) is 27.9 Å². The molecule has 0 saturated heterocycles. The van der Waals surface area contributed by atoms with E-state index in [4.69, 9.17) is 28.2 Å². The standard InChI is InChI=1S/C21H22N2O7/c1-5-28-18-11-14(7-9-16(18)26-3)21(24)29-12-19-22-20(23-30-19)13-6-8-15(25-2)17(10-13)27-4/h6-11H,5,12H2,1-4H3. The fraction of sp³-hybridized carbons (Fsp3) is 0.286. The van der Waals surface area contributed by atoms with Gasteiger partial charge in [0.2, 0.25) is 5.82 Å². The topological polar surface area (TPSA) is 102 Å². The predicted molar refractivity (Wildman–Crippen MR) is 106 cm³/mol. The van der Waals surface area contributed by atoms with E-state index < -0.39 is 5.97 Å². The molecule has 0 aliphatic rings. The van der Waals surface area contributed by atoms with E-state index in [1.165, 1.54) is 7.11 Å². The van der Waals surface area contributed by atoms with E-state index in [1.54, 1.807) is 50.6 Å². The van der Waals surface area contributed by atoms with Gasteiger partial charge in [0, 0.05) is 5.56 Å². The molecule has 0 N–H and O–H groups in total. The van der Waals surface area contributed by atoms with Crippen molar-refractivity contribution in [1.82, 2.24) is 10.1 Å². The number of aromatic nitrogens is 2. The highest BCUT2D eigenvalue weighted by molar-refractivity contribution is 5.90. The van der Waals surface area contributed by atoms with Crippen LogP contribution in [0.3, 0.4) is 0 Å². The molecule has 0 bridgehead atoms. The Morgan fingerprint density at radius 2 is 1.63 bits per heavy atom. The summed E-state index contributed by atoms with van der Waals surface area (Å²) in [6, 6.07) is 10.0. The van der Waals surface area contributed by atoms with Crippen molar-refractivity contribution in [3.8, 4) is 34.4 Å². The van der Waals surface area contributed by atoms with Gasteiger partial charge in [-0.15, -0.1) is 0 Å². The molecule has 0 amide bonds. The van der Waals surface area contributed by atoms with Crippen molar-refractivity contribution in [2.24, 2.45) is 0 Å². The Morgan fingerprint density at radius 3 is 2.33 bits per heavy atom. The maximum Gasteiger partial charge on any atom is 0.338 e. The third kappa shape index (κ3) is 4.62. The Bertz CT molecular complexity index is 1020. The quantitative estimate of drug-likeness (QED) is 0.487. The van der Waals surface area contributed by atoms with Crippen LogP contribution in [0.15, 0.2) is 40.9 Å². The largest absolute Gasteiger partial charge is 0.493 e. The molecule has 9 heteroatoms. The van der Waals surface area contributed by atoms with Crippen LogP contribution in [0.5, 0.6) is 23.0 Å². The van der Waals surface area contributed by atoms with Crippen LogP contribution in [0.2, 0.25) is 0 Å². The molecule has 1 heterocycles. The summed E-state index contributed by atoms with van der Waals surface area (Å²) in [5.74, 6) is 2.07. The lowest BCUT2D eigenvalue weighted by molar-refractivity contribution is 0.0429. The van der Waals surface area contributed by atoms with Crippen LogP contribution >= 0.6 is 0 Å². The molecule has 0 aliphatic heterocycles. The summed E-state index contributed by atoms with van der Waals surface area (Å²) in [6.07, 6.45) is 0. The lowest BCUT2D eigenvalue weighted by atomic mass is 10.2. The van der Waals surface area contributed by atoms with Crippen LogP contribution in [0.25, 0.3) is 11.4 Å². The van der Waals surface area contributed by atoms with Gasteiger partial charge in [-0.2, -0.15) is 4.98 Å². The Labute approximate surface area is 173 Å². The van der Waals surface area contributed by atoms with Gasteiger partial charge in [-0.05, 0) is 43.3 Å². The molecule has 0 saturated carbocycles. The predicted octanol–water partition coefficient (Wildman–Crippen LogP) is 3.52. The first-order valence-electron chi connectivity index (χ1n) is 9.12. The van der Waals surface area contributed by atoms with Gasteiger partial charge < -0.3 is 28.2 Å². The number of carbonyl (C=O) groups excluding carboxylic acids is 1. The number of methoxy groups -OCH3 is 3. The summed E-state index contributed by atoms with van der Waals surface area (Å²) < 4.78 is 31.6. The summed E-state index contributed by atoms with van der Waals surface area (Å²) >= 11 is 0. The molecule has 30 heavy (non-hydrogen) atoms. The molecule has 158 valence electrons. The molecule has 3 rings (SSSR count). The van der Waals surface area contributed by atoms with Crippen LogP contribution in [-0.4, -0.2) is 44.0 Å². The molecule has 0 spiro atoms. The smallest absolute Gasteiger partial charge is 0.338 e. The van der Waals surface area contributed by atoms with Gasteiger partial charge in [-0.25, -0.2) is 4.79 Å². The van der Waals surface area contributed by atoms with Gasteiger partial charge in [0.25, 0.3) is 5.89 Å². The second kappa shape index (κ2) is 9.64. The summed E-state index contributed by atoms with van der Waals surface area (Å²) in [5.41, 5.74) is 0.990. The highest BCUT2D eigenvalue weighted by atomic mass is 16.6. The first-order chi connectivity index (χ1) is 14.6. The van der Waals surface area contributed by atoms with Crippen molar-refractivity contribution in [3.05, 3.63) is 47.9 Å². The molecular formula is C21H22N2O7. The second-order valence-electron chi connectivity index (χ2n) is 5.96. The highest BCUT2D eigenvalue weighted by Crippen LogP contribution is 2.31. The van der Waals surface area contributed by atoms with Gasteiger partial charge in [-0.1, -0.05) is 5.16 Å². The van der Waals surface area contributed by atoms with E-state index in [1.807, 2.05) is 6.92 Å². The molecule has 0 fully saturated rings. The average Bonchev–Trinajstić information content (AvgIpc) is 3.26.